The molecule has 0 saturated heterocycles. The highest BCUT2D eigenvalue weighted by molar-refractivity contribution is 7.85. The van der Waals surface area contributed by atoms with Gasteiger partial charge in [0, 0.05) is 5.69 Å². The first-order chi connectivity index (χ1) is 8.95. The standard InChI is InChI=1S/C10H10N4O4S/c11-5-1-2-7-6(3-5)13-10(18-7)19(17)4-8(15)14-9(12)16/h1-3H,4,11H2,(H3,12,14,15,16). The van der Waals surface area contributed by atoms with Gasteiger partial charge in [-0.05, 0) is 18.2 Å². The summed E-state index contributed by atoms with van der Waals surface area (Å²) in [6, 6.07) is 3.75. The summed E-state index contributed by atoms with van der Waals surface area (Å²) in [5.74, 6) is -1.24. The van der Waals surface area contributed by atoms with Crippen LogP contribution in [0, 0.1) is 0 Å². The maximum absolute atomic E-state index is 11.8. The van der Waals surface area contributed by atoms with Crippen molar-refractivity contribution in [2.45, 2.75) is 5.22 Å². The number of carbonyl (C=O) groups excluding carboxylic acids is 2. The van der Waals surface area contributed by atoms with Gasteiger partial charge in [-0.25, -0.2) is 14.0 Å². The highest BCUT2D eigenvalue weighted by atomic mass is 32.2. The predicted molar refractivity (Wildman–Crippen MR) is 67.4 cm³/mol. The maximum Gasteiger partial charge on any atom is 0.318 e. The van der Waals surface area contributed by atoms with Crippen LogP contribution in [-0.4, -0.2) is 26.9 Å². The van der Waals surface area contributed by atoms with E-state index >= 15 is 0 Å². The summed E-state index contributed by atoms with van der Waals surface area (Å²) in [5, 5.41) is 1.69. The summed E-state index contributed by atoms with van der Waals surface area (Å²) in [7, 11) is -1.81. The molecule has 1 heterocycles. The van der Waals surface area contributed by atoms with Crippen LogP contribution in [-0.2, 0) is 15.6 Å². The third-order valence-corrected chi connectivity index (χ3v) is 3.20. The Hall–Kier alpha value is -2.42. The summed E-state index contributed by atoms with van der Waals surface area (Å²) in [6.45, 7) is 0. The highest BCUT2D eigenvalue weighted by Crippen LogP contribution is 2.20. The predicted octanol–water partition coefficient (Wildman–Crippen LogP) is -0.288. The molecule has 0 aliphatic rings. The fraction of sp³-hybridized carbons (Fsp3) is 0.100. The van der Waals surface area contributed by atoms with Crippen LogP contribution in [0.1, 0.15) is 0 Å². The Bertz CT molecular complexity index is 681. The smallest absolute Gasteiger partial charge is 0.318 e. The molecule has 0 bridgehead atoms. The van der Waals surface area contributed by atoms with E-state index in [1.54, 1.807) is 23.5 Å². The lowest BCUT2D eigenvalue weighted by atomic mass is 10.3. The number of nitrogens with two attached hydrogens (primary N) is 2. The van der Waals surface area contributed by atoms with Crippen LogP contribution in [0.15, 0.2) is 27.8 Å². The van der Waals surface area contributed by atoms with Gasteiger partial charge < -0.3 is 15.9 Å². The summed E-state index contributed by atoms with van der Waals surface area (Å²) in [4.78, 5) is 25.6. The van der Waals surface area contributed by atoms with E-state index in [1.165, 1.54) is 0 Å². The van der Waals surface area contributed by atoms with E-state index in [0.29, 0.717) is 16.8 Å². The lowest BCUT2D eigenvalue weighted by molar-refractivity contribution is -0.117. The molecule has 3 amide bonds. The van der Waals surface area contributed by atoms with Crippen molar-refractivity contribution in [3.63, 3.8) is 0 Å². The normalized spacial score (nSPS) is 12.2. The number of hydrogen-bond acceptors (Lipinski definition) is 6. The number of nitrogen functional groups attached to an aromatic ring is 1. The third kappa shape index (κ3) is 3.07. The Morgan fingerprint density at radius 1 is 1.42 bits per heavy atom. The summed E-state index contributed by atoms with van der Waals surface area (Å²) in [5.41, 5.74) is 11.7. The average Bonchev–Trinajstić information content (AvgIpc) is 2.70. The second-order valence-corrected chi connectivity index (χ2v) is 4.94. The first-order valence-corrected chi connectivity index (χ1v) is 6.41. The molecular formula is C10H10N4O4S. The minimum absolute atomic E-state index is 0.111. The van der Waals surface area contributed by atoms with E-state index in [1.807, 2.05) is 0 Å². The molecule has 1 aromatic heterocycles. The van der Waals surface area contributed by atoms with Gasteiger partial charge in [-0.2, -0.15) is 0 Å². The third-order valence-electron chi connectivity index (χ3n) is 2.11. The number of carbonyl (C=O) groups is 2. The molecule has 100 valence electrons. The zero-order valence-corrected chi connectivity index (χ0v) is 10.4. The van der Waals surface area contributed by atoms with E-state index in [-0.39, 0.29) is 5.22 Å². The van der Waals surface area contributed by atoms with Crippen LogP contribution in [0.5, 0.6) is 0 Å². The number of nitrogens with one attached hydrogen (secondary N) is 1. The Labute approximate surface area is 109 Å². The van der Waals surface area contributed by atoms with Gasteiger partial charge in [0.1, 0.15) is 22.1 Å². The lowest BCUT2D eigenvalue weighted by Gasteiger charge is -1.97. The molecule has 0 aliphatic heterocycles. The second kappa shape index (κ2) is 5.06. The molecule has 8 nitrogen and oxygen atoms in total. The second-order valence-electron chi connectivity index (χ2n) is 3.61. The van der Waals surface area contributed by atoms with Crippen molar-refractivity contribution in [1.82, 2.24) is 10.3 Å². The molecule has 1 atom stereocenters. The van der Waals surface area contributed by atoms with E-state index in [4.69, 9.17) is 15.9 Å². The minimum Gasteiger partial charge on any atom is -0.430 e. The molecule has 0 spiro atoms. The van der Waals surface area contributed by atoms with E-state index in [0.717, 1.165) is 0 Å². The summed E-state index contributed by atoms with van der Waals surface area (Å²) >= 11 is 0. The van der Waals surface area contributed by atoms with Gasteiger partial charge in [0.25, 0.3) is 5.22 Å². The molecule has 19 heavy (non-hydrogen) atoms. The topological polar surface area (TPSA) is 141 Å². The van der Waals surface area contributed by atoms with Gasteiger partial charge in [0.2, 0.25) is 5.91 Å². The number of imide groups is 1. The molecule has 9 heteroatoms. The first-order valence-electron chi connectivity index (χ1n) is 5.09. The van der Waals surface area contributed by atoms with Gasteiger partial charge in [0.05, 0.1) is 0 Å². The van der Waals surface area contributed by atoms with Gasteiger partial charge in [-0.3, -0.25) is 10.1 Å². The number of urea groups is 1. The van der Waals surface area contributed by atoms with Gasteiger partial charge >= 0.3 is 6.03 Å². The number of aromatic nitrogens is 1. The van der Waals surface area contributed by atoms with E-state index < -0.39 is 28.5 Å². The van der Waals surface area contributed by atoms with E-state index in [9.17, 15) is 13.8 Å². The number of anilines is 1. The number of nitrogens with zero attached hydrogens (tertiary/aromatic N) is 1. The van der Waals surface area contributed by atoms with Crippen molar-refractivity contribution >= 4 is 39.5 Å². The van der Waals surface area contributed by atoms with Crippen LogP contribution in [0.2, 0.25) is 0 Å². The molecule has 0 saturated carbocycles. The highest BCUT2D eigenvalue weighted by Gasteiger charge is 2.17. The van der Waals surface area contributed by atoms with Gasteiger partial charge in [-0.15, -0.1) is 0 Å². The number of amides is 3. The Morgan fingerprint density at radius 3 is 2.84 bits per heavy atom. The summed E-state index contributed by atoms with van der Waals surface area (Å²) in [6.07, 6.45) is 0. The number of rotatable bonds is 3. The van der Waals surface area contributed by atoms with Crippen molar-refractivity contribution in [2.24, 2.45) is 5.73 Å². The van der Waals surface area contributed by atoms with Crippen LogP contribution < -0.4 is 16.8 Å². The quantitative estimate of drug-likeness (QED) is 0.660. The molecular weight excluding hydrogens is 272 g/mol. The fourth-order valence-electron chi connectivity index (χ4n) is 1.37. The van der Waals surface area contributed by atoms with Gasteiger partial charge in [-0.1, -0.05) is 0 Å². The SMILES string of the molecule is NC(=O)NC(=O)CS(=O)c1nc2cc(N)ccc2o1. The van der Waals surface area contributed by atoms with Crippen LogP contribution in [0.25, 0.3) is 11.1 Å². The molecule has 0 aliphatic carbocycles. The van der Waals surface area contributed by atoms with Crippen molar-refractivity contribution in [3.8, 4) is 0 Å². The van der Waals surface area contributed by atoms with Crippen LogP contribution >= 0.6 is 0 Å². The molecule has 1 unspecified atom stereocenters. The molecule has 5 N–H and O–H groups in total. The molecule has 2 rings (SSSR count). The first kappa shape index (κ1) is 13.0. The lowest BCUT2D eigenvalue weighted by Crippen LogP contribution is -2.37. The zero-order chi connectivity index (χ0) is 14.0. The monoisotopic (exact) mass is 282 g/mol. The zero-order valence-electron chi connectivity index (χ0n) is 9.58. The number of fused-ring (bicyclic) bond motifs is 1. The van der Waals surface area contributed by atoms with E-state index in [2.05, 4.69) is 4.98 Å². The minimum atomic E-state index is -1.81. The van der Waals surface area contributed by atoms with Gasteiger partial charge in [0.15, 0.2) is 5.58 Å². The number of oxazole rings is 1. The largest absolute Gasteiger partial charge is 0.430 e. The maximum atomic E-state index is 11.8. The molecule has 1 aromatic carbocycles. The van der Waals surface area contributed by atoms with Crippen LogP contribution in [0.4, 0.5) is 10.5 Å². The van der Waals surface area contributed by atoms with Crippen LogP contribution in [0.3, 0.4) is 0 Å². The molecule has 0 radical (unpaired) electrons. The average molecular weight is 282 g/mol. The summed E-state index contributed by atoms with van der Waals surface area (Å²) < 4.78 is 17.0. The number of benzene rings is 1. The van der Waals surface area contributed by atoms with Crippen molar-refractivity contribution < 1.29 is 18.2 Å². The Kier molecular flexibility index (Phi) is 3.47. The molecule has 2 aromatic rings. The number of primary amides is 1. The van der Waals surface area contributed by atoms with Crippen molar-refractivity contribution in [3.05, 3.63) is 18.2 Å². The van der Waals surface area contributed by atoms with Crippen molar-refractivity contribution in [1.29, 1.82) is 0 Å². The Balaban J connectivity index is 2.17. The van der Waals surface area contributed by atoms with Crippen molar-refractivity contribution in [2.75, 3.05) is 11.5 Å². The fourth-order valence-corrected chi connectivity index (χ4v) is 2.19. The Morgan fingerprint density at radius 2 is 2.16 bits per heavy atom. The molecule has 0 fully saturated rings. The number of hydrogen-bond donors (Lipinski definition) is 3.